The van der Waals surface area contributed by atoms with Gasteiger partial charge < -0.3 is 16.1 Å². The number of hydrogen-bond donors (Lipinski definition) is 4. The first kappa shape index (κ1) is 19.1. The summed E-state index contributed by atoms with van der Waals surface area (Å²) in [5.41, 5.74) is 7.94. The number of hydrazine groups is 1. The lowest BCUT2D eigenvalue weighted by Crippen LogP contribution is -2.28. The Labute approximate surface area is 158 Å². The van der Waals surface area contributed by atoms with E-state index in [-0.39, 0.29) is 12.2 Å². The number of nitrogens with one attached hydrogen (secondary N) is 4. The highest BCUT2D eigenvalue weighted by atomic mass is 35.5. The van der Waals surface area contributed by atoms with E-state index in [2.05, 4.69) is 21.5 Å². The van der Waals surface area contributed by atoms with Gasteiger partial charge in [-0.3, -0.25) is 0 Å². The monoisotopic (exact) mass is 396 g/mol. The molecular formula is C18H16ClF3N4O. The topological polar surface area (TPSA) is 65.2 Å². The third kappa shape index (κ3) is 4.93. The molecule has 27 heavy (non-hydrogen) atoms. The van der Waals surface area contributed by atoms with E-state index in [0.717, 1.165) is 35.4 Å². The van der Waals surface area contributed by atoms with E-state index in [9.17, 15) is 18.0 Å². The highest BCUT2D eigenvalue weighted by Crippen LogP contribution is 2.36. The third-order valence-corrected chi connectivity index (χ3v) is 4.26. The number of hydrogen-bond acceptors (Lipinski definition) is 3. The average Bonchev–Trinajstić information content (AvgIpc) is 3.16. The molecule has 2 aromatic carbocycles. The Hall–Kier alpha value is -2.71. The van der Waals surface area contributed by atoms with E-state index in [4.69, 9.17) is 11.6 Å². The van der Waals surface area contributed by atoms with Crippen LogP contribution in [0.15, 0.2) is 48.7 Å². The summed E-state index contributed by atoms with van der Waals surface area (Å²) in [5.74, 6) is 0. The average molecular weight is 397 g/mol. The molecule has 0 atom stereocenters. The lowest BCUT2D eigenvalue weighted by Gasteiger charge is -2.12. The predicted octanol–water partition coefficient (Wildman–Crippen LogP) is 4.13. The Kier molecular flexibility index (Phi) is 5.57. The number of halogens is 4. The molecule has 0 unspecified atom stereocenters. The minimum Gasteiger partial charge on any atom is -0.334 e. The first-order valence-corrected chi connectivity index (χ1v) is 8.39. The summed E-state index contributed by atoms with van der Waals surface area (Å²) in [6.45, 7) is 0.961. The van der Waals surface area contributed by atoms with Gasteiger partial charge in [-0.25, -0.2) is 10.2 Å². The van der Waals surface area contributed by atoms with Crippen molar-refractivity contribution in [1.82, 2.24) is 16.2 Å². The molecule has 3 rings (SSSR count). The number of amides is 2. The van der Waals surface area contributed by atoms with E-state index in [1.165, 1.54) is 6.07 Å². The fourth-order valence-corrected chi connectivity index (χ4v) is 2.76. The molecular weight excluding hydrogens is 381 g/mol. The smallest absolute Gasteiger partial charge is 0.334 e. The highest BCUT2D eigenvalue weighted by Gasteiger charge is 2.33. The molecule has 0 saturated heterocycles. The van der Waals surface area contributed by atoms with Crippen molar-refractivity contribution in [3.63, 3.8) is 0 Å². The molecule has 5 nitrogen and oxygen atoms in total. The number of alkyl halides is 3. The Morgan fingerprint density at radius 2 is 1.89 bits per heavy atom. The standard InChI is InChI=1S/C18H16ClF3N4O/c19-16-6-5-14(7-15(16)18(20,21)22)26-17(27)23-8-11-1-3-12(4-2-11)13-9-24-25-10-13/h1-7,9,24-25H,8,10H2,(H2,23,26,27). The van der Waals surface area contributed by atoms with Gasteiger partial charge in [-0.15, -0.1) is 0 Å². The van der Waals surface area contributed by atoms with Gasteiger partial charge in [0.15, 0.2) is 0 Å². The minimum absolute atomic E-state index is 0.00717. The fourth-order valence-electron chi connectivity index (χ4n) is 2.54. The summed E-state index contributed by atoms with van der Waals surface area (Å²) in [6, 6.07) is 10.2. The quantitative estimate of drug-likeness (QED) is 0.628. The molecule has 0 saturated carbocycles. The summed E-state index contributed by atoms with van der Waals surface area (Å²) >= 11 is 5.56. The first-order valence-electron chi connectivity index (χ1n) is 8.01. The van der Waals surface area contributed by atoms with Crippen molar-refractivity contribution >= 4 is 28.9 Å². The van der Waals surface area contributed by atoms with Crippen LogP contribution >= 0.6 is 11.6 Å². The Balaban J connectivity index is 1.57. The summed E-state index contributed by atoms with van der Waals surface area (Å²) < 4.78 is 38.6. The van der Waals surface area contributed by atoms with Gasteiger partial charge in [-0.05, 0) is 34.9 Å². The van der Waals surface area contributed by atoms with Gasteiger partial charge in [0, 0.05) is 25.0 Å². The SMILES string of the molecule is O=C(NCc1ccc(C2=CNNC2)cc1)Nc1ccc(Cl)c(C(F)(F)F)c1. The lowest BCUT2D eigenvalue weighted by molar-refractivity contribution is -0.137. The normalized spacial score (nSPS) is 13.7. The minimum atomic E-state index is -4.59. The predicted molar refractivity (Wildman–Crippen MR) is 97.9 cm³/mol. The number of benzene rings is 2. The van der Waals surface area contributed by atoms with E-state index in [0.29, 0.717) is 0 Å². The number of anilines is 1. The molecule has 0 spiro atoms. The molecule has 9 heteroatoms. The van der Waals surface area contributed by atoms with Crippen LogP contribution in [-0.4, -0.2) is 12.6 Å². The lowest BCUT2D eigenvalue weighted by atomic mass is 10.1. The summed E-state index contributed by atoms with van der Waals surface area (Å²) in [5, 5.41) is 4.56. The Bertz CT molecular complexity index is 866. The maximum atomic E-state index is 12.9. The molecule has 1 aliphatic rings. The largest absolute Gasteiger partial charge is 0.417 e. The van der Waals surface area contributed by atoms with E-state index < -0.39 is 22.8 Å². The zero-order valence-corrected chi connectivity index (χ0v) is 14.7. The van der Waals surface area contributed by atoms with Crippen LogP contribution in [0.2, 0.25) is 5.02 Å². The van der Waals surface area contributed by atoms with Crippen LogP contribution < -0.4 is 21.5 Å². The van der Waals surface area contributed by atoms with E-state index in [1.807, 2.05) is 30.5 Å². The molecule has 0 bridgehead atoms. The van der Waals surface area contributed by atoms with Crippen LogP contribution in [0.1, 0.15) is 16.7 Å². The molecule has 2 aromatic rings. The van der Waals surface area contributed by atoms with Crippen LogP contribution in [0, 0.1) is 0 Å². The maximum absolute atomic E-state index is 12.9. The van der Waals surface area contributed by atoms with Crippen LogP contribution in [0.3, 0.4) is 0 Å². The van der Waals surface area contributed by atoms with Crippen molar-refractivity contribution in [3.8, 4) is 0 Å². The number of carbonyl (C=O) groups excluding carboxylic acids is 1. The Morgan fingerprint density at radius 3 is 2.52 bits per heavy atom. The zero-order chi connectivity index (χ0) is 19.4. The first-order chi connectivity index (χ1) is 12.8. The van der Waals surface area contributed by atoms with Crippen LogP contribution in [0.25, 0.3) is 5.57 Å². The summed E-state index contributed by atoms with van der Waals surface area (Å²) in [7, 11) is 0. The molecule has 4 N–H and O–H groups in total. The van der Waals surface area contributed by atoms with Gasteiger partial charge in [0.2, 0.25) is 0 Å². The molecule has 0 radical (unpaired) electrons. The van der Waals surface area contributed by atoms with Gasteiger partial charge in [-0.1, -0.05) is 35.9 Å². The van der Waals surface area contributed by atoms with Crippen LogP contribution in [0.4, 0.5) is 23.7 Å². The van der Waals surface area contributed by atoms with E-state index >= 15 is 0 Å². The van der Waals surface area contributed by atoms with Crippen molar-refractivity contribution in [2.75, 3.05) is 11.9 Å². The number of carbonyl (C=O) groups is 1. The molecule has 2 amide bonds. The molecule has 1 heterocycles. The van der Waals surface area contributed by atoms with Crippen LogP contribution in [-0.2, 0) is 12.7 Å². The molecule has 0 aromatic heterocycles. The van der Waals surface area contributed by atoms with Gasteiger partial charge >= 0.3 is 12.2 Å². The summed E-state index contributed by atoms with van der Waals surface area (Å²) in [6.07, 6.45) is -2.71. The molecule has 0 fully saturated rings. The second-order valence-electron chi connectivity index (χ2n) is 5.86. The number of urea groups is 1. The Morgan fingerprint density at radius 1 is 1.15 bits per heavy atom. The molecule has 1 aliphatic heterocycles. The van der Waals surface area contributed by atoms with Crippen molar-refractivity contribution < 1.29 is 18.0 Å². The third-order valence-electron chi connectivity index (χ3n) is 3.93. The van der Waals surface area contributed by atoms with Crippen LogP contribution in [0.5, 0.6) is 0 Å². The van der Waals surface area contributed by atoms with Gasteiger partial charge in [0.25, 0.3) is 0 Å². The second kappa shape index (κ2) is 7.89. The highest BCUT2D eigenvalue weighted by molar-refractivity contribution is 6.31. The number of rotatable bonds is 4. The van der Waals surface area contributed by atoms with Crippen molar-refractivity contribution in [2.45, 2.75) is 12.7 Å². The maximum Gasteiger partial charge on any atom is 0.417 e. The van der Waals surface area contributed by atoms with Gasteiger partial charge in [-0.2, -0.15) is 13.2 Å². The second-order valence-corrected chi connectivity index (χ2v) is 6.27. The van der Waals surface area contributed by atoms with Crippen molar-refractivity contribution in [2.24, 2.45) is 0 Å². The van der Waals surface area contributed by atoms with Crippen molar-refractivity contribution in [1.29, 1.82) is 0 Å². The summed E-state index contributed by atoms with van der Waals surface area (Å²) in [4.78, 5) is 11.9. The van der Waals surface area contributed by atoms with E-state index in [1.54, 1.807) is 0 Å². The van der Waals surface area contributed by atoms with Crippen molar-refractivity contribution in [3.05, 3.63) is 70.4 Å². The zero-order valence-electron chi connectivity index (χ0n) is 14.0. The molecule has 0 aliphatic carbocycles. The molecule has 142 valence electrons. The van der Waals surface area contributed by atoms with Gasteiger partial charge in [0.05, 0.1) is 10.6 Å². The fraction of sp³-hybridized carbons (Fsp3) is 0.167. The van der Waals surface area contributed by atoms with Gasteiger partial charge in [0.1, 0.15) is 0 Å².